The van der Waals surface area contributed by atoms with Crippen LogP contribution < -0.4 is 24.6 Å². The number of rotatable bonds is 9. The number of para-hydroxylation sites is 1. The number of nitrogens with zero attached hydrogens (tertiary/aromatic N) is 3. The highest BCUT2D eigenvalue weighted by atomic mass is 79.9. The Bertz CT molecular complexity index is 1630. The fourth-order valence-corrected chi connectivity index (χ4v) is 5.83. The third kappa shape index (κ3) is 5.29. The van der Waals surface area contributed by atoms with E-state index in [0.29, 0.717) is 56.0 Å². The number of aromatic amines is 1. The molecule has 40 heavy (non-hydrogen) atoms. The Morgan fingerprint density at radius 1 is 1.20 bits per heavy atom. The van der Waals surface area contributed by atoms with E-state index < -0.39 is 6.17 Å². The number of ether oxygens (including phenoxy) is 2. The lowest BCUT2D eigenvalue weighted by Gasteiger charge is -2.32. The van der Waals surface area contributed by atoms with E-state index in [1.807, 2.05) is 73.7 Å². The summed E-state index contributed by atoms with van der Waals surface area (Å²) in [6.07, 6.45) is 1.25. The highest BCUT2D eigenvalue weighted by molar-refractivity contribution is 9.10. The molecule has 2 heterocycles. The van der Waals surface area contributed by atoms with E-state index in [4.69, 9.17) is 14.6 Å². The minimum Gasteiger partial charge on any atom is -0.493 e. The van der Waals surface area contributed by atoms with Crippen molar-refractivity contribution in [2.75, 3.05) is 17.8 Å². The summed E-state index contributed by atoms with van der Waals surface area (Å²) in [5.41, 5.74) is 3.04. The molecule has 8 nitrogen and oxygen atoms in total. The van der Waals surface area contributed by atoms with Crippen LogP contribution in [0, 0.1) is 0 Å². The van der Waals surface area contributed by atoms with Crippen LogP contribution in [0.2, 0.25) is 0 Å². The monoisotopic (exact) mass is 619 g/mol. The van der Waals surface area contributed by atoms with Gasteiger partial charge in [0.15, 0.2) is 11.5 Å². The number of halogens is 1. The van der Waals surface area contributed by atoms with E-state index in [9.17, 15) is 9.59 Å². The van der Waals surface area contributed by atoms with Crippen LogP contribution in [0.4, 0.5) is 5.69 Å². The Morgan fingerprint density at radius 3 is 2.67 bits per heavy atom. The molecule has 1 atom stereocenters. The summed E-state index contributed by atoms with van der Waals surface area (Å²) < 4.78 is 14.2. The van der Waals surface area contributed by atoms with E-state index in [1.165, 1.54) is 11.8 Å². The third-order valence-electron chi connectivity index (χ3n) is 6.44. The zero-order chi connectivity index (χ0) is 28.2. The topological polar surface area (TPSA) is 88.4 Å². The molecule has 3 aromatic carbocycles. The van der Waals surface area contributed by atoms with Crippen molar-refractivity contribution in [3.05, 3.63) is 105 Å². The molecule has 0 radical (unpaired) electrons. The van der Waals surface area contributed by atoms with Crippen LogP contribution >= 0.6 is 27.7 Å². The number of H-pyrrole nitrogens is 1. The van der Waals surface area contributed by atoms with Gasteiger partial charge in [-0.3, -0.25) is 14.6 Å². The SMILES string of the molecule is C=CCSc1n[n+]2c(c(=O)[nH]1)-c1ccccc1N(C(=O)CC)[C@H]2c1cc(Br)c(OCc2ccccc2)c(OC)c1. The van der Waals surface area contributed by atoms with Gasteiger partial charge in [-0.2, -0.15) is 0 Å². The summed E-state index contributed by atoms with van der Waals surface area (Å²) in [5.74, 6) is 1.47. The molecular weight excluding hydrogens is 592 g/mol. The Morgan fingerprint density at radius 2 is 1.95 bits per heavy atom. The summed E-state index contributed by atoms with van der Waals surface area (Å²) in [4.78, 5) is 31.6. The maximum Gasteiger partial charge on any atom is 0.325 e. The van der Waals surface area contributed by atoms with Crippen LogP contribution in [0.3, 0.4) is 0 Å². The molecule has 1 amide bonds. The molecule has 0 aliphatic carbocycles. The van der Waals surface area contributed by atoms with Crippen LogP contribution in [-0.2, 0) is 11.4 Å². The lowest BCUT2D eigenvalue weighted by atomic mass is 10.0. The van der Waals surface area contributed by atoms with Crippen molar-refractivity contribution in [2.24, 2.45) is 0 Å². The van der Waals surface area contributed by atoms with Gasteiger partial charge in [-0.25, -0.2) is 4.90 Å². The molecule has 1 N–H and O–H groups in total. The molecule has 0 saturated carbocycles. The van der Waals surface area contributed by atoms with Crippen LogP contribution in [0.15, 0.2) is 93.8 Å². The summed E-state index contributed by atoms with van der Waals surface area (Å²) in [6.45, 7) is 5.93. The number of benzene rings is 3. The van der Waals surface area contributed by atoms with E-state index in [0.717, 1.165) is 5.56 Å². The molecule has 0 unspecified atom stereocenters. The predicted octanol–water partition coefficient (Wildman–Crippen LogP) is 5.66. The van der Waals surface area contributed by atoms with E-state index >= 15 is 0 Å². The lowest BCUT2D eigenvalue weighted by Crippen LogP contribution is -2.60. The van der Waals surface area contributed by atoms with Crippen LogP contribution in [-0.4, -0.2) is 28.9 Å². The molecule has 0 fully saturated rings. The molecule has 204 valence electrons. The molecule has 1 aliphatic rings. The second-order valence-electron chi connectivity index (χ2n) is 8.97. The lowest BCUT2D eigenvalue weighted by molar-refractivity contribution is -0.763. The number of carbonyl (C=O) groups excluding carboxylic acids is 1. The van der Waals surface area contributed by atoms with E-state index in [2.05, 4.69) is 27.5 Å². The number of fused-ring (bicyclic) bond motifs is 3. The van der Waals surface area contributed by atoms with Gasteiger partial charge < -0.3 is 9.47 Å². The molecule has 0 saturated heterocycles. The van der Waals surface area contributed by atoms with Crippen molar-refractivity contribution in [3.8, 4) is 22.8 Å². The van der Waals surface area contributed by atoms with Crippen molar-refractivity contribution in [2.45, 2.75) is 31.3 Å². The summed E-state index contributed by atoms with van der Waals surface area (Å²) >= 11 is 5.02. The molecule has 0 spiro atoms. The first-order valence-corrected chi connectivity index (χ1v) is 14.5. The summed E-state index contributed by atoms with van der Waals surface area (Å²) in [5, 5.41) is 5.24. The van der Waals surface area contributed by atoms with E-state index in [-0.39, 0.29) is 17.9 Å². The number of hydrogen-bond donors (Lipinski definition) is 1. The molecule has 1 aliphatic heterocycles. The van der Waals surface area contributed by atoms with Gasteiger partial charge in [-0.05, 0) is 50.4 Å². The summed E-state index contributed by atoms with van der Waals surface area (Å²) in [7, 11) is 1.57. The van der Waals surface area contributed by atoms with Crippen molar-refractivity contribution < 1.29 is 19.0 Å². The number of carbonyl (C=O) groups is 1. The highest BCUT2D eigenvalue weighted by Gasteiger charge is 2.45. The van der Waals surface area contributed by atoms with Crippen LogP contribution in [0.25, 0.3) is 11.3 Å². The van der Waals surface area contributed by atoms with Gasteiger partial charge in [0, 0.05) is 17.3 Å². The molecule has 1 aromatic heterocycles. The normalized spacial score (nSPS) is 13.8. The zero-order valence-corrected chi connectivity index (χ0v) is 24.5. The van der Waals surface area contributed by atoms with Gasteiger partial charge in [0.1, 0.15) is 6.61 Å². The maximum absolute atomic E-state index is 13.5. The van der Waals surface area contributed by atoms with Gasteiger partial charge in [0.2, 0.25) is 11.1 Å². The second kappa shape index (κ2) is 12.1. The van der Waals surface area contributed by atoms with Crippen molar-refractivity contribution in [3.63, 3.8) is 0 Å². The number of amides is 1. The summed E-state index contributed by atoms with van der Waals surface area (Å²) in [6, 6.07) is 20.9. The quantitative estimate of drug-likeness (QED) is 0.148. The average molecular weight is 621 g/mol. The fourth-order valence-electron chi connectivity index (χ4n) is 4.67. The largest absolute Gasteiger partial charge is 0.493 e. The third-order valence-corrected chi connectivity index (χ3v) is 7.89. The number of hydrogen-bond acceptors (Lipinski definition) is 6. The van der Waals surface area contributed by atoms with Gasteiger partial charge in [0.25, 0.3) is 6.17 Å². The zero-order valence-electron chi connectivity index (χ0n) is 22.1. The standard InChI is InChI=1S/C30H27BrN4O4S/c1-4-15-40-30-32-28(37)26-21-13-9-10-14-23(21)34(25(36)5-2)29(35(26)33-30)20-16-22(31)27(24(17-20)38-3)39-18-19-11-7-6-8-12-19/h4,6-14,16-17,29H,1,5,15,18H2,2-3H3/p+1/t29-/m1/s1. The Labute approximate surface area is 244 Å². The predicted molar refractivity (Wildman–Crippen MR) is 159 cm³/mol. The second-order valence-corrected chi connectivity index (χ2v) is 10.8. The van der Waals surface area contributed by atoms with Crippen LogP contribution in [0.1, 0.15) is 30.6 Å². The first-order chi connectivity index (χ1) is 19.5. The Hall–Kier alpha value is -3.89. The number of anilines is 1. The smallest absolute Gasteiger partial charge is 0.325 e. The number of nitrogens with one attached hydrogen (secondary N) is 1. The fraction of sp³-hybridized carbons (Fsp3) is 0.200. The van der Waals surface area contributed by atoms with Gasteiger partial charge in [0.05, 0.1) is 28.4 Å². The van der Waals surface area contributed by atoms with Gasteiger partial charge in [-0.1, -0.05) is 67.2 Å². The Balaban J connectivity index is 1.69. The molecular formula is C30H28BrN4O4S+. The number of thioether (sulfide) groups is 1. The molecule has 10 heteroatoms. The maximum atomic E-state index is 13.5. The Kier molecular flexibility index (Phi) is 8.37. The van der Waals surface area contributed by atoms with Crippen molar-refractivity contribution >= 4 is 39.3 Å². The first-order valence-electron chi connectivity index (χ1n) is 12.7. The van der Waals surface area contributed by atoms with Crippen molar-refractivity contribution in [1.29, 1.82) is 0 Å². The number of aromatic nitrogens is 3. The molecule has 5 rings (SSSR count). The van der Waals surface area contributed by atoms with E-state index in [1.54, 1.807) is 22.8 Å². The highest BCUT2D eigenvalue weighted by Crippen LogP contribution is 2.42. The molecule has 0 bridgehead atoms. The van der Waals surface area contributed by atoms with Gasteiger partial charge in [-0.15, -0.1) is 6.58 Å². The average Bonchev–Trinajstić information content (AvgIpc) is 2.98. The number of methoxy groups -OCH3 is 1. The minimum absolute atomic E-state index is 0.113. The molecule has 4 aromatic rings. The van der Waals surface area contributed by atoms with Crippen LogP contribution in [0.5, 0.6) is 11.5 Å². The minimum atomic E-state index is -0.754. The first kappa shape index (κ1) is 27.7. The van der Waals surface area contributed by atoms with Crippen molar-refractivity contribution in [1.82, 2.24) is 10.1 Å². The van der Waals surface area contributed by atoms with Gasteiger partial charge >= 0.3 is 11.3 Å².